The van der Waals surface area contributed by atoms with E-state index in [2.05, 4.69) is 4.74 Å². The van der Waals surface area contributed by atoms with E-state index in [-0.39, 0.29) is 18.5 Å². The zero-order chi connectivity index (χ0) is 14.8. The molecule has 1 aromatic carbocycles. The summed E-state index contributed by atoms with van der Waals surface area (Å²) < 4.78 is 67.5. The van der Waals surface area contributed by atoms with Crippen LogP contribution in [0.4, 0.5) is 0 Å². The number of nitrogens with one attached hydrogen (secondary N) is 1. The zero-order valence-corrected chi connectivity index (χ0v) is 11.5. The van der Waals surface area contributed by atoms with Gasteiger partial charge in [-0.25, -0.2) is 0 Å². The van der Waals surface area contributed by atoms with E-state index < -0.39 is 35.8 Å². The van der Waals surface area contributed by atoms with Crippen LogP contribution in [0, 0.1) is 0 Å². The molecular formula is C9H12NO7S2. The summed E-state index contributed by atoms with van der Waals surface area (Å²) in [4.78, 5) is -1.54. The Balaban J connectivity index is 3.77. The average Bonchev–Trinajstić information content (AvgIpc) is 2.26. The molecule has 0 bridgehead atoms. The van der Waals surface area contributed by atoms with Crippen LogP contribution in [0.3, 0.4) is 0 Å². The summed E-state index contributed by atoms with van der Waals surface area (Å²) in [5, 5.41) is 0. The number of benzene rings is 1. The van der Waals surface area contributed by atoms with E-state index in [0.29, 0.717) is 0 Å². The highest BCUT2D eigenvalue weighted by atomic mass is 32.2. The lowest BCUT2D eigenvalue weighted by atomic mass is 10.1. The second-order valence-corrected chi connectivity index (χ2v) is 6.36. The highest BCUT2D eigenvalue weighted by Gasteiger charge is 2.26. The first kappa shape index (κ1) is 15.9. The topological polar surface area (TPSA) is 142 Å². The summed E-state index contributed by atoms with van der Waals surface area (Å²) in [6.07, 6.45) is 0.0506. The van der Waals surface area contributed by atoms with Gasteiger partial charge in [0.05, 0.1) is 7.11 Å². The van der Waals surface area contributed by atoms with Gasteiger partial charge in [-0.15, -0.1) is 0 Å². The lowest BCUT2D eigenvalue weighted by Gasteiger charge is -2.12. The Morgan fingerprint density at radius 1 is 1.11 bits per heavy atom. The van der Waals surface area contributed by atoms with Gasteiger partial charge in [-0.2, -0.15) is 16.8 Å². The Bertz CT molecular complexity index is 626. The van der Waals surface area contributed by atoms with Gasteiger partial charge in [-0.1, -0.05) is 0 Å². The summed E-state index contributed by atoms with van der Waals surface area (Å²) in [7, 11) is -8.46. The summed E-state index contributed by atoms with van der Waals surface area (Å²) in [5.74, 6) is -0.668. The van der Waals surface area contributed by atoms with Crippen LogP contribution in [0.5, 0.6) is 5.75 Å². The SMILES string of the molecule is COc1c(S(=O)(=O)O)cc(CC[NH])cc1S(=O)(=O)O. The molecule has 1 radical (unpaired) electrons. The number of rotatable bonds is 5. The molecule has 0 aliphatic rings. The molecule has 3 N–H and O–H groups in total. The van der Waals surface area contributed by atoms with Crippen molar-refractivity contribution in [3.05, 3.63) is 17.7 Å². The van der Waals surface area contributed by atoms with Crippen LogP contribution < -0.4 is 10.5 Å². The first-order chi connectivity index (χ1) is 8.61. The molecule has 10 heteroatoms. The number of hydrogen-bond donors (Lipinski definition) is 2. The third kappa shape index (κ3) is 3.64. The van der Waals surface area contributed by atoms with Crippen molar-refractivity contribution in [3.63, 3.8) is 0 Å². The van der Waals surface area contributed by atoms with E-state index in [1.807, 2.05) is 0 Å². The molecule has 0 saturated heterocycles. The summed E-state index contributed by atoms with van der Waals surface area (Å²) in [6.45, 7) is -0.123. The molecule has 0 spiro atoms. The Morgan fingerprint density at radius 2 is 1.53 bits per heavy atom. The first-order valence-electron chi connectivity index (χ1n) is 4.91. The average molecular weight is 310 g/mol. The highest BCUT2D eigenvalue weighted by Crippen LogP contribution is 2.33. The van der Waals surface area contributed by atoms with Crippen LogP contribution >= 0.6 is 0 Å². The summed E-state index contributed by atoms with van der Waals surface area (Å²) >= 11 is 0. The van der Waals surface area contributed by atoms with Crippen LogP contribution in [-0.2, 0) is 26.7 Å². The van der Waals surface area contributed by atoms with Crippen LogP contribution in [0.15, 0.2) is 21.9 Å². The lowest BCUT2D eigenvalue weighted by molar-refractivity contribution is 0.381. The van der Waals surface area contributed by atoms with Gasteiger partial charge < -0.3 is 4.74 Å². The van der Waals surface area contributed by atoms with Crippen molar-refractivity contribution in [2.24, 2.45) is 0 Å². The quantitative estimate of drug-likeness (QED) is 0.729. The van der Waals surface area contributed by atoms with Crippen LogP contribution in [0.1, 0.15) is 5.56 Å². The van der Waals surface area contributed by atoms with Gasteiger partial charge in [0.15, 0.2) is 5.75 Å². The Morgan fingerprint density at radius 3 is 1.79 bits per heavy atom. The van der Waals surface area contributed by atoms with Crippen molar-refractivity contribution in [1.82, 2.24) is 5.73 Å². The van der Waals surface area contributed by atoms with Gasteiger partial charge in [0.25, 0.3) is 20.2 Å². The molecule has 107 valence electrons. The largest absolute Gasteiger partial charge is 0.494 e. The van der Waals surface area contributed by atoms with Crippen molar-refractivity contribution in [1.29, 1.82) is 0 Å². The minimum Gasteiger partial charge on any atom is -0.494 e. The lowest BCUT2D eigenvalue weighted by Crippen LogP contribution is -2.09. The van der Waals surface area contributed by atoms with Gasteiger partial charge in [0.1, 0.15) is 9.79 Å². The van der Waals surface area contributed by atoms with Crippen LogP contribution in [-0.4, -0.2) is 39.6 Å². The fraction of sp³-hybridized carbons (Fsp3) is 0.333. The first-order valence-corrected chi connectivity index (χ1v) is 7.79. The van der Waals surface area contributed by atoms with Gasteiger partial charge in [-0.05, 0) is 24.1 Å². The molecule has 0 atom stereocenters. The molecule has 0 aromatic heterocycles. The number of hydrogen-bond acceptors (Lipinski definition) is 5. The van der Waals surface area contributed by atoms with Gasteiger partial charge in [-0.3, -0.25) is 14.8 Å². The van der Waals surface area contributed by atoms with Crippen molar-refractivity contribution in [3.8, 4) is 5.75 Å². The van der Waals surface area contributed by atoms with E-state index in [0.717, 1.165) is 19.2 Å². The zero-order valence-electron chi connectivity index (χ0n) is 9.82. The molecule has 0 aliphatic heterocycles. The monoisotopic (exact) mass is 310 g/mol. The third-order valence-corrected chi connectivity index (χ3v) is 3.97. The predicted molar refractivity (Wildman–Crippen MR) is 64.3 cm³/mol. The Kier molecular flexibility index (Phi) is 4.53. The Hall–Kier alpha value is -1.20. The standard InChI is InChI=1S/C9H12NO7S2/c1-17-9-7(18(11,12)13)4-6(2-3-10)5-8(9)19(14,15)16/h4-5,10H,2-3H2,1H3,(H,11,12,13)(H,14,15,16). The molecule has 0 saturated carbocycles. The molecule has 0 unspecified atom stereocenters. The molecule has 0 fully saturated rings. The Labute approximate surface area is 110 Å². The van der Waals surface area contributed by atoms with E-state index in [4.69, 9.17) is 14.8 Å². The number of ether oxygens (including phenoxy) is 1. The third-order valence-electron chi connectivity index (χ3n) is 2.25. The maximum Gasteiger partial charge on any atom is 0.298 e. The van der Waals surface area contributed by atoms with Gasteiger partial charge in [0.2, 0.25) is 0 Å². The maximum absolute atomic E-state index is 11.2. The number of methoxy groups -OCH3 is 1. The van der Waals surface area contributed by atoms with Crippen LogP contribution in [0.2, 0.25) is 0 Å². The second-order valence-electron chi connectivity index (χ2n) is 3.58. The fourth-order valence-electron chi connectivity index (χ4n) is 1.50. The second kappa shape index (κ2) is 5.43. The van der Waals surface area contributed by atoms with Crippen molar-refractivity contribution in [2.75, 3.05) is 13.7 Å². The van der Waals surface area contributed by atoms with E-state index >= 15 is 0 Å². The van der Waals surface area contributed by atoms with Crippen molar-refractivity contribution < 1.29 is 30.7 Å². The summed E-state index contributed by atoms with van der Waals surface area (Å²) in [6, 6.07) is 1.99. The maximum atomic E-state index is 11.2. The van der Waals surface area contributed by atoms with E-state index in [1.165, 1.54) is 0 Å². The molecule has 0 heterocycles. The van der Waals surface area contributed by atoms with E-state index in [9.17, 15) is 16.8 Å². The minimum atomic E-state index is -4.73. The molecule has 8 nitrogen and oxygen atoms in total. The molecular weight excluding hydrogens is 298 g/mol. The smallest absolute Gasteiger partial charge is 0.298 e. The molecule has 1 aromatic rings. The van der Waals surface area contributed by atoms with Gasteiger partial charge >= 0.3 is 0 Å². The van der Waals surface area contributed by atoms with E-state index in [1.54, 1.807) is 0 Å². The molecule has 0 aliphatic carbocycles. The normalized spacial score (nSPS) is 12.4. The van der Waals surface area contributed by atoms with Crippen LogP contribution in [0.25, 0.3) is 0 Å². The predicted octanol–water partition coefficient (Wildman–Crippen LogP) is 0.0140. The van der Waals surface area contributed by atoms with Gasteiger partial charge in [0, 0.05) is 6.54 Å². The minimum absolute atomic E-state index is 0.0506. The fourth-order valence-corrected chi connectivity index (χ4v) is 3.02. The van der Waals surface area contributed by atoms with Crippen molar-refractivity contribution >= 4 is 20.2 Å². The molecule has 1 rings (SSSR count). The highest BCUT2D eigenvalue weighted by molar-refractivity contribution is 7.86. The van der Waals surface area contributed by atoms with Crippen molar-refractivity contribution in [2.45, 2.75) is 16.2 Å². The molecule has 0 amide bonds. The molecule has 19 heavy (non-hydrogen) atoms. The summed E-state index contributed by atoms with van der Waals surface area (Å²) in [5.41, 5.74) is 7.20.